The molecule has 7 heteroatoms. The first kappa shape index (κ1) is 19.7. The number of nitrogens with zero attached hydrogens (tertiary/aromatic N) is 3. The van der Waals surface area contributed by atoms with Crippen LogP contribution < -0.4 is 5.32 Å². The maximum absolute atomic E-state index is 5.91. The van der Waals surface area contributed by atoms with Gasteiger partial charge < -0.3 is 15.0 Å². The molecule has 0 saturated carbocycles. The van der Waals surface area contributed by atoms with E-state index in [1.165, 1.54) is 5.56 Å². The van der Waals surface area contributed by atoms with E-state index < -0.39 is 0 Å². The summed E-state index contributed by atoms with van der Waals surface area (Å²) in [5.74, 6) is 0.850. The standard InChI is InChI=1S/C18H25ClN4OS/c1-13(24-4)17-22-16(12-25-17)11-23(3)18(20-2)21-10-9-14-5-7-15(19)8-6-14/h5-8,12-13H,9-11H2,1-4H3,(H,20,21). The molecule has 2 aromatic rings. The fourth-order valence-corrected chi connectivity index (χ4v) is 3.32. The molecular weight excluding hydrogens is 356 g/mol. The number of thiazole rings is 1. The predicted molar refractivity (Wildman–Crippen MR) is 106 cm³/mol. The van der Waals surface area contributed by atoms with Crippen LogP contribution in [0.3, 0.4) is 0 Å². The topological polar surface area (TPSA) is 49.8 Å². The molecule has 0 aliphatic heterocycles. The Labute approximate surface area is 158 Å². The van der Waals surface area contributed by atoms with Crippen molar-refractivity contribution in [1.82, 2.24) is 15.2 Å². The normalized spacial score (nSPS) is 12.9. The summed E-state index contributed by atoms with van der Waals surface area (Å²) in [6, 6.07) is 7.92. The van der Waals surface area contributed by atoms with Crippen LogP contribution in [-0.2, 0) is 17.7 Å². The highest BCUT2D eigenvalue weighted by Gasteiger charge is 2.12. The highest BCUT2D eigenvalue weighted by molar-refractivity contribution is 7.09. The number of rotatable bonds is 7. The van der Waals surface area contributed by atoms with Crippen LogP contribution in [0.5, 0.6) is 0 Å². The maximum Gasteiger partial charge on any atom is 0.193 e. The van der Waals surface area contributed by atoms with E-state index in [0.29, 0.717) is 6.54 Å². The van der Waals surface area contributed by atoms with Crippen LogP contribution in [0, 0.1) is 0 Å². The van der Waals surface area contributed by atoms with Crippen molar-refractivity contribution in [2.75, 3.05) is 27.7 Å². The quantitative estimate of drug-likeness (QED) is 0.587. The summed E-state index contributed by atoms with van der Waals surface area (Å²) in [7, 11) is 5.50. The minimum Gasteiger partial charge on any atom is -0.375 e. The van der Waals surface area contributed by atoms with Crippen molar-refractivity contribution in [2.24, 2.45) is 4.99 Å². The number of hydrogen-bond donors (Lipinski definition) is 1. The number of benzene rings is 1. The Balaban J connectivity index is 1.85. The summed E-state index contributed by atoms with van der Waals surface area (Å²) in [6.07, 6.45) is 0.942. The van der Waals surface area contributed by atoms with E-state index in [2.05, 4.69) is 25.6 Å². The summed E-state index contributed by atoms with van der Waals surface area (Å²) in [5.41, 5.74) is 2.26. The lowest BCUT2D eigenvalue weighted by molar-refractivity contribution is 0.119. The number of ether oxygens (including phenoxy) is 1. The molecule has 0 bridgehead atoms. The summed E-state index contributed by atoms with van der Waals surface area (Å²) in [6.45, 7) is 3.51. The van der Waals surface area contributed by atoms with Crippen molar-refractivity contribution in [3.05, 3.63) is 50.9 Å². The van der Waals surface area contributed by atoms with Gasteiger partial charge in [0.2, 0.25) is 0 Å². The van der Waals surface area contributed by atoms with E-state index in [0.717, 1.165) is 34.6 Å². The minimum absolute atomic E-state index is 0.0286. The Morgan fingerprint density at radius 2 is 2.12 bits per heavy atom. The number of methoxy groups -OCH3 is 1. The lowest BCUT2D eigenvalue weighted by atomic mass is 10.1. The van der Waals surface area contributed by atoms with Gasteiger partial charge in [-0.05, 0) is 31.0 Å². The van der Waals surface area contributed by atoms with Crippen molar-refractivity contribution in [2.45, 2.75) is 26.0 Å². The second-order valence-corrected chi connectivity index (χ2v) is 7.09. The van der Waals surface area contributed by atoms with Gasteiger partial charge in [0.05, 0.1) is 12.2 Å². The fourth-order valence-electron chi connectivity index (χ4n) is 2.36. The Bertz CT molecular complexity index is 687. The van der Waals surface area contributed by atoms with Gasteiger partial charge in [-0.3, -0.25) is 4.99 Å². The third kappa shape index (κ3) is 5.99. The molecular formula is C18H25ClN4OS. The van der Waals surface area contributed by atoms with Crippen LogP contribution >= 0.6 is 22.9 Å². The van der Waals surface area contributed by atoms with Crippen molar-refractivity contribution in [3.8, 4) is 0 Å². The van der Waals surface area contributed by atoms with Crippen molar-refractivity contribution in [3.63, 3.8) is 0 Å². The first-order chi connectivity index (χ1) is 12.0. The molecule has 1 aromatic carbocycles. The van der Waals surface area contributed by atoms with Gasteiger partial charge in [-0.1, -0.05) is 23.7 Å². The number of halogens is 1. The monoisotopic (exact) mass is 380 g/mol. The van der Waals surface area contributed by atoms with E-state index in [4.69, 9.17) is 16.3 Å². The predicted octanol–water partition coefficient (Wildman–Crippen LogP) is 3.75. The summed E-state index contributed by atoms with van der Waals surface area (Å²) in [5, 5.41) is 7.22. The third-order valence-corrected chi connectivity index (χ3v) is 5.16. The zero-order valence-corrected chi connectivity index (χ0v) is 16.7. The van der Waals surface area contributed by atoms with E-state index in [9.17, 15) is 0 Å². The molecule has 1 heterocycles. The van der Waals surface area contributed by atoms with Crippen LogP contribution in [0.25, 0.3) is 0 Å². The van der Waals surface area contributed by atoms with Crippen LogP contribution in [0.4, 0.5) is 0 Å². The van der Waals surface area contributed by atoms with E-state index in [1.54, 1.807) is 25.5 Å². The van der Waals surface area contributed by atoms with Crippen LogP contribution in [-0.4, -0.2) is 43.6 Å². The number of aliphatic imine (C=N–C) groups is 1. The number of hydrogen-bond acceptors (Lipinski definition) is 4. The van der Waals surface area contributed by atoms with E-state index >= 15 is 0 Å². The third-order valence-electron chi connectivity index (χ3n) is 3.85. The molecule has 0 radical (unpaired) electrons. The molecule has 0 aliphatic rings. The van der Waals surface area contributed by atoms with Gasteiger partial charge in [0.1, 0.15) is 11.1 Å². The second kappa shape index (κ2) is 9.75. The van der Waals surface area contributed by atoms with Crippen LogP contribution in [0.15, 0.2) is 34.6 Å². The Morgan fingerprint density at radius 3 is 2.76 bits per heavy atom. The summed E-state index contributed by atoms with van der Waals surface area (Å²) >= 11 is 7.54. The molecule has 0 spiro atoms. The van der Waals surface area contributed by atoms with Gasteiger partial charge in [0.25, 0.3) is 0 Å². The highest BCUT2D eigenvalue weighted by Crippen LogP contribution is 2.20. The van der Waals surface area contributed by atoms with Gasteiger partial charge in [-0.25, -0.2) is 4.98 Å². The van der Waals surface area contributed by atoms with Gasteiger partial charge in [-0.15, -0.1) is 11.3 Å². The molecule has 2 rings (SSSR count). The summed E-state index contributed by atoms with van der Waals surface area (Å²) < 4.78 is 5.32. The molecule has 5 nitrogen and oxygen atoms in total. The van der Waals surface area contributed by atoms with Crippen molar-refractivity contribution in [1.29, 1.82) is 0 Å². The molecule has 25 heavy (non-hydrogen) atoms. The number of aromatic nitrogens is 1. The average molecular weight is 381 g/mol. The lowest BCUT2D eigenvalue weighted by Crippen LogP contribution is -2.39. The first-order valence-corrected chi connectivity index (χ1v) is 9.42. The van der Waals surface area contributed by atoms with Gasteiger partial charge in [-0.2, -0.15) is 0 Å². The zero-order valence-electron chi connectivity index (χ0n) is 15.1. The summed E-state index contributed by atoms with van der Waals surface area (Å²) in [4.78, 5) is 11.0. The molecule has 0 fully saturated rings. The Morgan fingerprint density at radius 1 is 1.40 bits per heavy atom. The van der Waals surface area contributed by atoms with Crippen LogP contribution in [0.1, 0.15) is 29.3 Å². The second-order valence-electron chi connectivity index (χ2n) is 5.76. The highest BCUT2D eigenvalue weighted by atomic mass is 35.5. The van der Waals surface area contributed by atoms with E-state index in [1.807, 2.05) is 38.2 Å². The smallest absolute Gasteiger partial charge is 0.193 e. The molecule has 1 atom stereocenters. The van der Waals surface area contributed by atoms with Crippen molar-refractivity contribution >= 4 is 28.9 Å². The Hall–Kier alpha value is -1.63. The molecule has 0 amide bonds. The molecule has 1 N–H and O–H groups in total. The van der Waals surface area contributed by atoms with Crippen LogP contribution in [0.2, 0.25) is 5.02 Å². The molecule has 0 saturated heterocycles. The number of nitrogens with one attached hydrogen (secondary N) is 1. The largest absolute Gasteiger partial charge is 0.375 e. The molecule has 1 aromatic heterocycles. The van der Waals surface area contributed by atoms with Gasteiger partial charge in [0, 0.05) is 38.2 Å². The van der Waals surface area contributed by atoms with Crippen molar-refractivity contribution < 1.29 is 4.74 Å². The SMILES string of the molecule is CN=C(NCCc1ccc(Cl)cc1)N(C)Cc1csc(C(C)OC)n1. The minimum atomic E-state index is 0.0286. The fraction of sp³-hybridized carbons (Fsp3) is 0.444. The van der Waals surface area contributed by atoms with E-state index in [-0.39, 0.29) is 6.10 Å². The number of guanidine groups is 1. The maximum atomic E-state index is 5.91. The molecule has 1 unspecified atom stereocenters. The average Bonchev–Trinajstić information content (AvgIpc) is 3.08. The van der Waals surface area contributed by atoms with Gasteiger partial charge >= 0.3 is 0 Å². The zero-order chi connectivity index (χ0) is 18.2. The van der Waals surface area contributed by atoms with Gasteiger partial charge in [0.15, 0.2) is 5.96 Å². The molecule has 0 aliphatic carbocycles. The Kier molecular flexibility index (Phi) is 7.68. The lowest BCUT2D eigenvalue weighted by Gasteiger charge is -2.21. The first-order valence-electron chi connectivity index (χ1n) is 8.16. The molecule has 136 valence electrons.